The van der Waals surface area contributed by atoms with Crippen molar-refractivity contribution in [2.45, 2.75) is 50.6 Å². The van der Waals surface area contributed by atoms with E-state index in [0.29, 0.717) is 47.7 Å². The maximum Gasteiger partial charge on any atom is 0.271 e. The lowest BCUT2D eigenvalue weighted by Crippen LogP contribution is -2.63. The summed E-state index contributed by atoms with van der Waals surface area (Å²) in [6.45, 7) is 8.59. The lowest BCUT2D eigenvalue weighted by atomic mass is 9.71. The van der Waals surface area contributed by atoms with Crippen molar-refractivity contribution in [2.75, 3.05) is 75.1 Å². The number of piperidine rings is 2. The molecule has 1 aromatic carbocycles. The number of hydrogen-bond donors (Lipinski definition) is 3. The van der Waals surface area contributed by atoms with E-state index in [9.17, 15) is 4.79 Å². The molecule has 0 bridgehead atoms. The maximum absolute atomic E-state index is 12.6. The number of amides is 1. The highest BCUT2D eigenvalue weighted by atomic mass is 16.5. The molecule has 4 N–H and O–H groups in total. The highest BCUT2D eigenvalue weighted by Gasteiger charge is 2.46. The molecule has 1 amide bonds. The molecule has 238 valence electrons. The first-order chi connectivity index (χ1) is 21.9. The van der Waals surface area contributed by atoms with E-state index in [4.69, 9.17) is 15.5 Å². The first kappa shape index (κ1) is 29.9. The Morgan fingerprint density at radius 2 is 1.67 bits per heavy atom. The zero-order chi connectivity index (χ0) is 30.8. The minimum atomic E-state index is -0.650. The van der Waals surface area contributed by atoms with E-state index < -0.39 is 5.91 Å². The predicted molar refractivity (Wildman–Crippen MR) is 177 cm³/mol. The fourth-order valence-corrected chi connectivity index (χ4v) is 7.38. The van der Waals surface area contributed by atoms with Gasteiger partial charge in [0.15, 0.2) is 17.3 Å². The van der Waals surface area contributed by atoms with Gasteiger partial charge in [-0.25, -0.2) is 9.97 Å². The molecule has 0 saturated carbocycles. The predicted octanol–water partition coefficient (Wildman–Crippen LogP) is 3.97. The first-order valence-electron chi connectivity index (χ1n) is 16.5. The number of aromatic nitrogens is 3. The number of benzene rings is 1. The van der Waals surface area contributed by atoms with Crippen LogP contribution in [0.1, 0.15) is 49.0 Å². The molecule has 0 unspecified atom stereocenters. The van der Waals surface area contributed by atoms with Gasteiger partial charge in [0, 0.05) is 69.0 Å². The van der Waals surface area contributed by atoms with E-state index in [1.807, 2.05) is 30.3 Å². The van der Waals surface area contributed by atoms with Crippen LogP contribution in [0.2, 0.25) is 0 Å². The van der Waals surface area contributed by atoms with Crippen molar-refractivity contribution in [3.05, 3.63) is 54.4 Å². The van der Waals surface area contributed by atoms with Crippen molar-refractivity contribution in [3.8, 4) is 11.4 Å². The molecule has 0 radical (unpaired) electrons. The lowest BCUT2D eigenvalue weighted by molar-refractivity contribution is -0.0704. The monoisotopic (exact) mass is 611 g/mol. The third-order valence-corrected chi connectivity index (χ3v) is 10.2. The zero-order valence-electron chi connectivity index (χ0n) is 26.3. The Labute approximate surface area is 265 Å². The summed E-state index contributed by atoms with van der Waals surface area (Å²) in [6, 6.07) is 14.8. The van der Waals surface area contributed by atoms with E-state index in [-0.39, 0.29) is 11.7 Å². The van der Waals surface area contributed by atoms with E-state index >= 15 is 0 Å². The Bertz CT molecular complexity index is 1450. The van der Waals surface area contributed by atoms with Crippen LogP contribution in [0, 0.1) is 5.41 Å². The molecular formula is C34H45N9O2. The Morgan fingerprint density at radius 1 is 0.933 bits per heavy atom. The average Bonchev–Trinajstić information content (AvgIpc) is 3.06. The van der Waals surface area contributed by atoms with Gasteiger partial charge in [-0.3, -0.25) is 14.7 Å². The molecule has 1 spiro atoms. The summed E-state index contributed by atoms with van der Waals surface area (Å²) in [5.41, 5.74) is 9.63. The third-order valence-electron chi connectivity index (χ3n) is 10.2. The summed E-state index contributed by atoms with van der Waals surface area (Å²) in [7, 11) is 2.25. The SMILES string of the molecule is CN1CCC2(CC1)CN(C1CCN(c3ccc(Nc4nc(NC5CCOCC5)c(-c5ccccn5)nc4C(N)=O)cc3)CC1)C2. The number of hydrogen-bond acceptors (Lipinski definition) is 10. The van der Waals surface area contributed by atoms with Gasteiger partial charge in [-0.2, -0.15) is 0 Å². The topological polar surface area (TPSA) is 125 Å². The molecule has 0 atom stereocenters. The van der Waals surface area contributed by atoms with E-state index in [1.165, 1.54) is 57.5 Å². The van der Waals surface area contributed by atoms with Crippen molar-refractivity contribution in [3.63, 3.8) is 0 Å². The van der Waals surface area contributed by atoms with Gasteiger partial charge in [-0.1, -0.05) is 6.07 Å². The number of anilines is 4. The van der Waals surface area contributed by atoms with Crippen LogP contribution in [0.25, 0.3) is 11.4 Å². The summed E-state index contributed by atoms with van der Waals surface area (Å²) in [5.74, 6) is 0.238. The minimum Gasteiger partial charge on any atom is -0.381 e. The molecule has 45 heavy (non-hydrogen) atoms. The van der Waals surface area contributed by atoms with Crippen LogP contribution < -0.4 is 21.3 Å². The normalized spacial score (nSPS) is 21.4. The molecule has 6 heterocycles. The van der Waals surface area contributed by atoms with Crippen LogP contribution in [0.4, 0.5) is 23.0 Å². The molecule has 11 nitrogen and oxygen atoms in total. The summed E-state index contributed by atoms with van der Waals surface area (Å²) in [5, 5.41) is 6.85. The quantitative estimate of drug-likeness (QED) is 0.345. The highest BCUT2D eigenvalue weighted by Crippen LogP contribution is 2.42. The first-order valence-corrected chi connectivity index (χ1v) is 16.5. The molecule has 4 fully saturated rings. The van der Waals surface area contributed by atoms with E-state index in [1.54, 1.807) is 6.20 Å². The zero-order valence-corrected chi connectivity index (χ0v) is 26.3. The van der Waals surface area contributed by atoms with Crippen molar-refractivity contribution >= 4 is 28.9 Å². The van der Waals surface area contributed by atoms with Gasteiger partial charge >= 0.3 is 0 Å². The van der Waals surface area contributed by atoms with Crippen molar-refractivity contribution < 1.29 is 9.53 Å². The van der Waals surface area contributed by atoms with Gasteiger partial charge in [0.2, 0.25) is 0 Å². The number of nitrogens with two attached hydrogens (primary N) is 1. The van der Waals surface area contributed by atoms with Crippen LogP contribution in [-0.2, 0) is 4.74 Å². The second-order valence-corrected chi connectivity index (χ2v) is 13.3. The lowest BCUT2D eigenvalue weighted by Gasteiger charge is -2.57. The fourth-order valence-electron chi connectivity index (χ4n) is 7.38. The standard InChI is InChI=1S/C34H45N9O2/c1-41-18-13-34(14-19-41)22-43(23-34)27-9-16-42(17-10-27)26-7-5-24(6-8-26)37-33-30(31(35)44)39-29(28-4-2-3-15-36-28)32(40-33)38-25-11-20-45-21-12-25/h2-8,15,25,27H,9-14,16-23H2,1H3,(H2,35,44)(H2,37,38,40). The van der Waals surface area contributed by atoms with Gasteiger partial charge < -0.3 is 30.9 Å². The number of pyridine rings is 1. The minimum absolute atomic E-state index is 0.0763. The van der Waals surface area contributed by atoms with Gasteiger partial charge in [0.25, 0.3) is 5.91 Å². The van der Waals surface area contributed by atoms with Crippen LogP contribution in [0.15, 0.2) is 48.7 Å². The number of ether oxygens (including phenoxy) is 1. The Kier molecular flexibility index (Phi) is 8.57. The Balaban J connectivity index is 1.02. The fraction of sp³-hybridized carbons (Fsp3) is 0.529. The number of likely N-dealkylation sites (tertiary alicyclic amines) is 2. The second kappa shape index (κ2) is 12.9. The molecular weight excluding hydrogens is 566 g/mol. The van der Waals surface area contributed by atoms with E-state index in [0.717, 1.165) is 31.6 Å². The largest absolute Gasteiger partial charge is 0.381 e. The highest BCUT2D eigenvalue weighted by molar-refractivity contribution is 5.97. The van der Waals surface area contributed by atoms with Crippen LogP contribution in [0.3, 0.4) is 0 Å². The van der Waals surface area contributed by atoms with Gasteiger partial charge in [-0.05, 0) is 100 Å². The van der Waals surface area contributed by atoms with Gasteiger partial charge in [-0.15, -0.1) is 0 Å². The third kappa shape index (κ3) is 6.61. The molecule has 0 aliphatic carbocycles. The number of rotatable bonds is 8. The molecule has 3 aromatic rings. The summed E-state index contributed by atoms with van der Waals surface area (Å²) < 4.78 is 5.54. The maximum atomic E-state index is 12.6. The average molecular weight is 612 g/mol. The number of carbonyl (C=O) groups excluding carboxylic acids is 1. The molecule has 4 saturated heterocycles. The number of carbonyl (C=O) groups is 1. The molecule has 7 rings (SSSR count). The van der Waals surface area contributed by atoms with Crippen molar-refractivity contribution in [1.82, 2.24) is 24.8 Å². The summed E-state index contributed by atoms with van der Waals surface area (Å²) in [6.07, 6.45) is 8.55. The smallest absolute Gasteiger partial charge is 0.271 e. The number of nitrogens with one attached hydrogen (secondary N) is 2. The van der Waals surface area contributed by atoms with Gasteiger partial charge in [0.05, 0.1) is 5.69 Å². The summed E-state index contributed by atoms with van der Waals surface area (Å²) >= 11 is 0. The Morgan fingerprint density at radius 3 is 2.33 bits per heavy atom. The molecule has 11 heteroatoms. The van der Waals surface area contributed by atoms with Crippen molar-refractivity contribution in [1.29, 1.82) is 0 Å². The van der Waals surface area contributed by atoms with Crippen LogP contribution in [0.5, 0.6) is 0 Å². The van der Waals surface area contributed by atoms with Crippen molar-refractivity contribution in [2.24, 2.45) is 11.1 Å². The van der Waals surface area contributed by atoms with E-state index in [2.05, 4.69) is 54.5 Å². The second-order valence-electron chi connectivity index (χ2n) is 13.3. The number of nitrogens with zero attached hydrogens (tertiary/aromatic N) is 6. The van der Waals surface area contributed by atoms with Crippen LogP contribution in [-0.4, -0.2) is 102 Å². The van der Waals surface area contributed by atoms with Crippen LogP contribution >= 0.6 is 0 Å². The number of primary amides is 1. The summed E-state index contributed by atoms with van der Waals surface area (Å²) in [4.78, 5) is 34.3. The molecule has 4 aliphatic heterocycles. The molecule has 2 aromatic heterocycles. The molecule has 4 aliphatic rings. The van der Waals surface area contributed by atoms with Gasteiger partial charge in [0.1, 0.15) is 5.69 Å². The Hall–Kier alpha value is -3.80.